The third-order valence-electron chi connectivity index (χ3n) is 5.66. The summed E-state index contributed by atoms with van der Waals surface area (Å²) in [5.41, 5.74) is 3.23. The Labute approximate surface area is 174 Å². The molecule has 156 valence electrons. The third-order valence-corrected chi connectivity index (χ3v) is 7.92. The molecule has 6 heteroatoms. The summed E-state index contributed by atoms with van der Waals surface area (Å²) in [4.78, 5) is 18.8. The second kappa shape index (κ2) is 10.0. The Hall–Kier alpha value is -2.21. The van der Waals surface area contributed by atoms with Gasteiger partial charge in [0.1, 0.15) is 0 Å². The molecule has 1 amide bonds. The Morgan fingerprint density at radius 1 is 1.03 bits per heavy atom. The first-order valence-electron chi connectivity index (χ1n) is 10.4. The van der Waals surface area contributed by atoms with Crippen molar-refractivity contribution >= 4 is 15.7 Å². The molecule has 0 atom stereocenters. The van der Waals surface area contributed by atoms with Crippen LogP contribution >= 0.6 is 0 Å². The number of sulfone groups is 1. The van der Waals surface area contributed by atoms with Crippen LogP contribution in [0, 0.1) is 0 Å². The van der Waals surface area contributed by atoms with E-state index in [1.54, 1.807) is 17.3 Å². The molecule has 0 bridgehead atoms. The highest BCUT2D eigenvalue weighted by Crippen LogP contribution is 2.25. The standard InChI is InChI=1S/C23H30N2O3S/c1-2-19-9-11-20(12-10-19)17-25(18-21-6-5-14-24-16-21)23(26)13-15-29(27,28)22-7-3-4-8-22/h5-6,9-12,14,16,22H,2-4,7-8,13,15,17-18H2,1H3. The molecule has 2 aromatic rings. The molecule has 1 aliphatic carbocycles. The van der Waals surface area contributed by atoms with Crippen LogP contribution in [-0.2, 0) is 34.1 Å². The molecule has 1 aliphatic rings. The van der Waals surface area contributed by atoms with Crippen LogP contribution in [0.1, 0.15) is 55.7 Å². The molecule has 29 heavy (non-hydrogen) atoms. The number of hydrogen-bond acceptors (Lipinski definition) is 4. The zero-order valence-electron chi connectivity index (χ0n) is 17.1. The number of nitrogens with zero attached hydrogens (tertiary/aromatic N) is 2. The number of hydrogen-bond donors (Lipinski definition) is 0. The van der Waals surface area contributed by atoms with Crippen molar-refractivity contribution in [1.29, 1.82) is 0 Å². The van der Waals surface area contributed by atoms with Gasteiger partial charge in [-0.3, -0.25) is 9.78 Å². The van der Waals surface area contributed by atoms with Gasteiger partial charge in [-0.05, 0) is 42.0 Å². The fourth-order valence-corrected chi connectivity index (χ4v) is 5.69. The Morgan fingerprint density at radius 3 is 2.31 bits per heavy atom. The van der Waals surface area contributed by atoms with Gasteiger partial charge in [0.15, 0.2) is 9.84 Å². The molecule has 1 fully saturated rings. The highest BCUT2D eigenvalue weighted by Gasteiger charge is 2.29. The lowest BCUT2D eigenvalue weighted by atomic mass is 10.1. The Kier molecular flexibility index (Phi) is 7.42. The molecule has 0 aliphatic heterocycles. The predicted octanol–water partition coefficient (Wildman–Crippen LogP) is 3.92. The van der Waals surface area contributed by atoms with Crippen LogP contribution in [-0.4, -0.2) is 35.2 Å². The van der Waals surface area contributed by atoms with E-state index in [9.17, 15) is 13.2 Å². The number of carbonyl (C=O) groups excluding carboxylic acids is 1. The summed E-state index contributed by atoms with van der Waals surface area (Å²) < 4.78 is 25.1. The van der Waals surface area contributed by atoms with Gasteiger partial charge in [0.05, 0.1) is 11.0 Å². The fourth-order valence-electron chi connectivity index (χ4n) is 3.85. The maximum Gasteiger partial charge on any atom is 0.224 e. The van der Waals surface area contributed by atoms with E-state index in [1.165, 1.54) is 5.56 Å². The summed E-state index contributed by atoms with van der Waals surface area (Å²) in [5, 5.41) is -0.260. The number of pyridine rings is 1. The molecular weight excluding hydrogens is 384 g/mol. The number of aromatic nitrogens is 1. The molecule has 1 heterocycles. The fraction of sp³-hybridized carbons (Fsp3) is 0.478. The normalized spacial score (nSPS) is 14.8. The van der Waals surface area contributed by atoms with Gasteiger partial charge in [0, 0.05) is 31.9 Å². The minimum atomic E-state index is -3.20. The maximum atomic E-state index is 13.0. The van der Waals surface area contributed by atoms with Crippen LogP contribution < -0.4 is 0 Å². The van der Waals surface area contributed by atoms with E-state index in [0.717, 1.165) is 43.2 Å². The lowest BCUT2D eigenvalue weighted by Crippen LogP contribution is -2.32. The highest BCUT2D eigenvalue weighted by atomic mass is 32.2. The van der Waals surface area contributed by atoms with Crippen LogP contribution in [0.4, 0.5) is 0 Å². The van der Waals surface area contributed by atoms with Crippen molar-refractivity contribution in [2.75, 3.05) is 5.75 Å². The van der Waals surface area contributed by atoms with Crippen LogP contribution in [0.2, 0.25) is 0 Å². The zero-order chi connectivity index (χ0) is 20.7. The predicted molar refractivity (Wildman–Crippen MR) is 115 cm³/mol. The van der Waals surface area contributed by atoms with Gasteiger partial charge < -0.3 is 4.90 Å². The summed E-state index contributed by atoms with van der Waals surface area (Å²) >= 11 is 0. The summed E-state index contributed by atoms with van der Waals surface area (Å²) in [6.45, 7) is 2.99. The SMILES string of the molecule is CCc1ccc(CN(Cc2cccnc2)C(=O)CCS(=O)(=O)C2CCCC2)cc1. The monoisotopic (exact) mass is 414 g/mol. The van der Waals surface area contributed by atoms with Gasteiger partial charge in [-0.2, -0.15) is 0 Å². The van der Waals surface area contributed by atoms with Crippen molar-refractivity contribution in [2.45, 2.75) is 63.8 Å². The van der Waals surface area contributed by atoms with Crippen molar-refractivity contribution in [3.63, 3.8) is 0 Å². The average Bonchev–Trinajstić information content (AvgIpc) is 3.29. The van der Waals surface area contributed by atoms with Gasteiger partial charge in [0.25, 0.3) is 0 Å². The van der Waals surface area contributed by atoms with Crippen molar-refractivity contribution in [1.82, 2.24) is 9.88 Å². The van der Waals surface area contributed by atoms with E-state index in [1.807, 2.05) is 24.3 Å². The summed E-state index contributed by atoms with van der Waals surface area (Å²) in [6.07, 6.45) is 7.86. The van der Waals surface area contributed by atoms with Crippen molar-refractivity contribution in [3.05, 3.63) is 65.5 Å². The van der Waals surface area contributed by atoms with Gasteiger partial charge in [0.2, 0.25) is 5.91 Å². The van der Waals surface area contributed by atoms with E-state index < -0.39 is 9.84 Å². The maximum absolute atomic E-state index is 13.0. The summed E-state index contributed by atoms with van der Waals surface area (Å²) in [6, 6.07) is 12.0. The molecule has 0 spiro atoms. The number of aryl methyl sites for hydroxylation is 1. The van der Waals surface area contributed by atoms with Crippen molar-refractivity contribution in [3.8, 4) is 0 Å². The molecule has 1 saturated carbocycles. The molecule has 3 rings (SSSR count). The second-order valence-corrected chi connectivity index (χ2v) is 10.2. The molecular formula is C23H30N2O3S. The average molecular weight is 415 g/mol. The van der Waals surface area contributed by atoms with Gasteiger partial charge in [-0.15, -0.1) is 0 Å². The number of benzene rings is 1. The van der Waals surface area contributed by atoms with Crippen LogP contribution in [0.3, 0.4) is 0 Å². The molecule has 0 unspecified atom stereocenters. The lowest BCUT2D eigenvalue weighted by Gasteiger charge is -2.23. The lowest BCUT2D eigenvalue weighted by molar-refractivity contribution is -0.132. The summed E-state index contributed by atoms with van der Waals surface area (Å²) in [5.74, 6) is -0.190. The third kappa shape index (κ3) is 6.13. The number of carbonyl (C=O) groups is 1. The van der Waals surface area contributed by atoms with Crippen LogP contribution in [0.5, 0.6) is 0 Å². The Morgan fingerprint density at radius 2 is 1.69 bits per heavy atom. The Balaban J connectivity index is 1.69. The van der Waals surface area contributed by atoms with E-state index in [-0.39, 0.29) is 23.3 Å². The van der Waals surface area contributed by atoms with E-state index in [2.05, 4.69) is 24.0 Å². The van der Waals surface area contributed by atoms with Gasteiger partial charge in [-0.25, -0.2) is 8.42 Å². The molecule has 0 radical (unpaired) electrons. The Bertz CT molecular complexity index is 889. The molecule has 0 N–H and O–H groups in total. The molecule has 1 aromatic carbocycles. The molecule has 5 nitrogen and oxygen atoms in total. The first-order valence-corrected chi connectivity index (χ1v) is 12.2. The van der Waals surface area contributed by atoms with Crippen molar-refractivity contribution in [2.24, 2.45) is 0 Å². The van der Waals surface area contributed by atoms with Crippen molar-refractivity contribution < 1.29 is 13.2 Å². The van der Waals surface area contributed by atoms with Gasteiger partial charge >= 0.3 is 0 Å². The highest BCUT2D eigenvalue weighted by molar-refractivity contribution is 7.92. The largest absolute Gasteiger partial charge is 0.334 e. The topological polar surface area (TPSA) is 67.3 Å². The molecule has 0 saturated heterocycles. The minimum Gasteiger partial charge on any atom is -0.334 e. The summed E-state index contributed by atoms with van der Waals surface area (Å²) in [7, 11) is -3.20. The second-order valence-electron chi connectivity index (χ2n) is 7.80. The van der Waals surface area contributed by atoms with Crippen LogP contribution in [0.25, 0.3) is 0 Å². The van der Waals surface area contributed by atoms with E-state index in [4.69, 9.17) is 0 Å². The number of amides is 1. The van der Waals surface area contributed by atoms with E-state index >= 15 is 0 Å². The quantitative estimate of drug-likeness (QED) is 0.624. The smallest absolute Gasteiger partial charge is 0.224 e. The first kappa shape index (κ1) is 21.5. The minimum absolute atomic E-state index is 0.0339. The van der Waals surface area contributed by atoms with Gasteiger partial charge in [-0.1, -0.05) is 50.1 Å². The molecule has 1 aromatic heterocycles. The first-order chi connectivity index (χ1) is 14.0. The van der Waals surface area contributed by atoms with E-state index in [0.29, 0.717) is 13.1 Å². The van der Waals surface area contributed by atoms with Crippen LogP contribution in [0.15, 0.2) is 48.8 Å². The zero-order valence-corrected chi connectivity index (χ0v) is 17.9. The number of rotatable bonds is 9.